The third kappa shape index (κ3) is 3.22. The molecule has 0 saturated carbocycles. The van der Waals surface area contributed by atoms with E-state index in [4.69, 9.17) is 18.0 Å². The van der Waals surface area contributed by atoms with Crippen LogP contribution in [0.25, 0.3) is 0 Å². The van der Waals surface area contributed by atoms with E-state index in [9.17, 15) is 22.8 Å². The molecule has 0 aromatic heterocycles. The number of benzene rings is 1. The van der Waals surface area contributed by atoms with Crippen LogP contribution in [0.2, 0.25) is 5.02 Å². The van der Waals surface area contributed by atoms with Crippen molar-refractivity contribution in [3.05, 3.63) is 28.3 Å². The smallest absolute Gasteiger partial charge is 0.342 e. The molecule has 0 bridgehead atoms. The molecular formula is C15H10ClF3N2O2. The Morgan fingerprint density at radius 1 is 1.48 bits per heavy atom. The molecule has 23 heavy (non-hydrogen) atoms. The first kappa shape index (κ1) is 17.0. The number of rotatable bonds is 2. The molecule has 120 valence electrons. The molecule has 0 amide bonds. The molecule has 0 aliphatic carbocycles. The van der Waals surface area contributed by atoms with Gasteiger partial charge in [-0.3, -0.25) is 14.6 Å². The second-order valence-electron chi connectivity index (χ2n) is 4.81. The maximum Gasteiger partial charge on any atom is 0.418 e. The fourth-order valence-corrected chi connectivity index (χ4v) is 2.50. The molecule has 1 aliphatic heterocycles. The normalized spacial score (nSPS) is 19.0. The van der Waals surface area contributed by atoms with Gasteiger partial charge >= 0.3 is 6.18 Å². The molecule has 0 saturated heterocycles. The van der Waals surface area contributed by atoms with Crippen molar-refractivity contribution in [3.63, 3.8) is 0 Å². The highest BCUT2D eigenvalue weighted by Gasteiger charge is 2.42. The van der Waals surface area contributed by atoms with Crippen molar-refractivity contribution in [2.24, 2.45) is 10.9 Å². The predicted molar refractivity (Wildman–Crippen MR) is 79.7 cm³/mol. The highest BCUT2D eigenvalue weighted by molar-refractivity contribution is 6.35. The first-order chi connectivity index (χ1) is 10.7. The molecule has 1 unspecified atom stereocenters. The van der Waals surface area contributed by atoms with E-state index in [1.54, 1.807) is 0 Å². The summed E-state index contributed by atoms with van der Waals surface area (Å²) in [4.78, 5) is 28.0. The van der Waals surface area contributed by atoms with Crippen LogP contribution in [0.4, 0.5) is 18.9 Å². The summed E-state index contributed by atoms with van der Waals surface area (Å²) in [7, 11) is 0. The quantitative estimate of drug-likeness (QED) is 0.663. The molecule has 1 aliphatic rings. The minimum Gasteiger partial charge on any atom is -0.342 e. The second kappa shape index (κ2) is 6.05. The third-order valence-corrected chi connectivity index (χ3v) is 3.43. The molecule has 2 rings (SSSR count). The van der Waals surface area contributed by atoms with Crippen molar-refractivity contribution in [1.82, 2.24) is 0 Å². The summed E-state index contributed by atoms with van der Waals surface area (Å²) in [5.74, 6) is -0.698. The van der Waals surface area contributed by atoms with Crippen LogP contribution in [0.1, 0.15) is 22.8 Å². The molecule has 0 fully saturated rings. The van der Waals surface area contributed by atoms with Gasteiger partial charge in [-0.2, -0.15) is 13.2 Å². The van der Waals surface area contributed by atoms with E-state index in [1.807, 2.05) is 0 Å². The zero-order valence-electron chi connectivity index (χ0n) is 11.8. The lowest BCUT2D eigenvalue weighted by Crippen LogP contribution is -2.40. The van der Waals surface area contributed by atoms with Gasteiger partial charge in [0.05, 0.1) is 11.3 Å². The van der Waals surface area contributed by atoms with Gasteiger partial charge in [-0.15, -0.1) is 6.42 Å². The van der Waals surface area contributed by atoms with Gasteiger partial charge in [0.1, 0.15) is 24.1 Å². The van der Waals surface area contributed by atoms with E-state index in [1.165, 1.54) is 0 Å². The number of ketones is 2. The number of alkyl halides is 3. The molecule has 1 N–H and O–H groups in total. The van der Waals surface area contributed by atoms with Gasteiger partial charge in [0.15, 0.2) is 5.78 Å². The van der Waals surface area contributed by atoms with E-state index in [0.29, 0.717) is 6.07 Å². The largest absolute Gasteiger partial charge is 0.418 e. The number of nitrogens with zero attached hydrogens (tertiary/aromatic N) is 1. The van der Waals surface area contributed by atoms with Crippen molar-refractivity contribution in [2.45, 2.75) is 13.1 Å². The van der Waals surface area contributed by atoms with E-state index in [2.05, 4.69) is 16.2 Å². The Balaban J connectivity index is 2.70. The average Bonchev–Trinajstić information content (AvgIpc) is 2.43. The lowest BCUT2D eigenvalue weighted by atomic mass is 9.87. The van der Waals surface area contributed by atoms with Crippen LogP contribution in [-0.2, 0) is 11.0 Å². The Kier molecular flexibility index (Phi) is 4.48. The van der Waals surface area contributed by atoms with Crippen LogP contribution in [0.3, 0.4) is 0 Å². The molecule has 0 spiro atoms. The summed E-state index contributed by atoms with van der Waals surface area (Å²) < 4.78 is 39.5. The number of amidine groups is 1. The summed E-state index contributed by atoms with van der Waals surface area (Å²) in [6.45, 7) is 0.972. The Bertz CT molecular complexity index is 763. The fraction of sp³-hybridized carbons (Fsp3) is 0.267. The summed E-state index contributed by atoms with van der Waals surface area (Å²) in [5.41, 5.74) is -1.88. The van der Waals surface area contributed by atoms with Gasteiger partial charge < -0.3 is 5.32 Å². The number of fused-ring (bicyclic) bond motifs is 1. The monoisotopic (exact) mass is 342 g/mol. The van der Waals surface area contributed by atoms with Gasteiger partial charge in [0.25, 0.3) is 0 Å². The van der Waals surface area contributed by atoms with Crippen LogP contribution < -0.4 is 5.32 Å². The topological polar surface area (TPSA) is 58.5 Å². The van der Waals surface area contributed by atoms with Crippen molar-refractivity contribution >= 4 is 34.7 Å². The third-order valence-electron chi connectivity index (χ3n) is 3.21. The summed E-state index contributed by atoms with van der Waals surface area (Å²) in [5, 5.41) is 2.18. The standard InChI is InChI=1S/C15H10ClF3N2O2/c1-3-4-20-14-11(7(2)22)13(23)9-5-8(16)6-10(12(9)21-14)15(17,18)19/h1,5-6,11H,4H2,2H3,(H,20,21). The van der Waals surface area contributed by atoms with Gasteiger partial charge in [-0.1, -0.05) is 17.5 Å². The van der Waals surface area contributed by atoms with Gasteiger partial charge in [0, 0.05) is 10.6 Å². The van der Waals surface area contributed by atoms with Crippen molar-refractivity contribution < 1.29 is 22.8 Å². The number of halogens is 4. The number of hydrogen-bond acceptors (Lipinski definition) is 3. The molecule has 1 heterocycles. The SMILES string of the molecule is C#CCN=C1Nc2c(cc(Cl)cc2C(F)(F)F)C(=O)C1C(C)=O. The summed E-state index contributed by atoms with van der Waals surface area (Å²) in [6.07, 6.45) is 0.330. The van der Waals surface area contributed by atoms with Crippen molar-refractivity contribution in [2.75, 3.05) is 11.9 Å². The number of carbonyl (C=O) groups excluding carboxylic acids is 2. The Hall–Kier alpha value is -2.33. The van der Waals surface area contributed by atoms with E-state index in [0.717, 1.165) is 13.0 Å². The molecule has 1 atom stereocenters. The van der Waals surface area contributed by atoms with E-state index in [-0.39, 0.29) is 23.0 Å². The van der Waals surface area contributed by atoms with Crippen LogP contribution >= 0.6 is 11.6 Å². The number of anilines is 1. The molecule has 8 heteroatoms. The van der Waals surface area contributed by atoms with E-state index >= 15 is 0 Å². The highest BCUT2D eigenvalue weighted by Crippen LogP contribution is 2.41. The molecule has 0 radical (unpaired) electrons. The molecule has 1 aromatic carbocycles. The fourth-order valence-electron chi connectivity index (χ4n) is 2.28. The summed E-state index contributed by atoms with van der Waals surface area (Å²) >= 11 is 5.68. The zero-order valence-corrected chi connectivity index (χ0v) is 12.5. The number of terminal acetylenes is 1. The Morgan fingerprint density at radius 3 is 2.65 bits per heavy atom. The Labute approximate surface area is 134 Å². The van der Waals surface area contributed by atoms with Crippen LogP contribution in [-0.4, -0.2) is 23.9 Å². The number of carbonyl (C=O) groups is 2. The lowest BCUT2D eigenvalue weighted by Gasteiger charge is -2.27. The van der Waals surface area contributed by atoms with Crippen LogP contribution in [0, 0.1) is 18.3 Å². The lowest BCUT2D eigenvalue weighted by molar-refractivity contribution is -0.136. The van der Waals surface area contributed by atoms with Gasteiger partial charge in [-0.05, 0) is 19.1 Å². The van der Waals surface area contributed by atoms with Crippen LogP contribution in [0.15, 0.2) is 17.1 Å². The number of Topliss-reactive ketones (excluding diaryl/α,β-unsaturated/α-hetero) is 2. The first-order valence-corrected chi connectivity index (χ1v) is 6.74. The number of aliphatic imine (C=N–C) groups is 1. The minimum atomic E-state index is -4.73. The number of nitrogens with one attached hydrogen (secondary N) is 1. The first-order valence-electron chi connectivity index (χ1n) is 6.37. The van der Waals surface area contributed by atoms with Crippen LogP contribution in [0.5, 0.6) is 0 Å². The second-order valence-corrected chi connectivity index (χ2v) is 5.25. The minimum absolute atomic E-state index is 0.177. The van der Waals surface area contributed by atoms with Crippen molar-refractivity contribution in [1.29, 1.82) is 0 Å². The van der Waals surface area contributed by atoms with Gasteiger partial charge in [-0.25, -0.2) is 0 Å². The Morgan fingerprint density at radius 2 is 2.13 bits per heavy atom. The van der Waals surface area contributed by atoms with Crippen molar-refractivity contribution in [3.8, 4) is 12.3 Å². The maximum absolute atomic E-state index is 13.2. The average molecular weight is 343 g/mol. The molecule has 1 aromatic rings. The van der Waals surface area contributed by atoms with Gasteiger partial charge in [0.2, 0.25) is 0 Å². The molecular weight excluding hydrogens is 333 g/mol. The molecule has 4 nitrogen and oxygen atoms in total. The zero-order chi connectivity index (χ0) is 17.4. The highest BCUT2D eigenvalue weighted by atomic mass is 35.5. The summed E-state index contributed by atoms with van der Waals surface area (Å²) in [6, 6.07) is 1.79. The number of hydrogen-bond donors (Lipinski definition) is 1. The maximum atomic E-state index is 13.2. The predicted octanol–water partition coefficient (Wildman–Crippen LogP) is 3.20. The van der Waals surface area contributed by atoms with E-state index < -0.39 is 34.9 Å².